The minimum absolute atomic E-state index is 0.0381. The summed E-state index contributed by atoms with van der Waals surface area (Å²) >= 11 is 6.17. The van der Waals surface area contributed by atoms with E-state index in [0.29, 0.717) is 48.5 Å². The lowest BCUT2D eigenvalue weighted by molar-refractivity contribution is -0.137. The van der Waals surface area contributed by atoms with Gasteiger partial charge in [0.15, 0.2) is 0 Å². The van der Waals surface area contributed by atoms with E-state index >= 15 is 0 Å². The van der Waals surface area contributed by atoms with E-state index in [2.05, 4.69) is 30.9 Å². The third kappa shape index (κ3) is 7.05. The number of halogens is 1. The Labute approximate surface area is 225 Å². The average Bonchev–Trinajstić information content (AvgIpc) is 3.22. The first-order chi connectivity index (χ1) is 17.6. The monoisotopic (exact) mass is 529 g/mol. The van der Waals surface area contributed by atoms with Crippen molar-refractivity contribution in [3.8, 4) is 5.75 Å². The fourth-order valence-electron chi connectivity index (χ4n) is 5.38. The lowest BCUT2D eigenvalue weighted by Gasteiger charge is -2.43. The number of hydrogen-bond acceptors (Lipinski definition) is 5. The van der Waals surface area contributed by atoms with Gasteiger partial charge in [-0.2, -0.15) is 5.10 Å². The standard InChI is InChI=1S/C28H40ClN5O3/c1-21(2)15-23-17-25(32(4)30-23)27(36)34-10-6-9-28(19-34,20-37-24-8-5-7-22(29)16-24)18-26(35)33-13-11-31(3)12-14-33/h5,7-8,16-17,21H,6,9-15,18-20H2,1-4H3/t28-/m1/s1. The highest BCUT2D eigenvalue weighted by molar-refractivity contribution is 6.30. The van der Waals surface area contributed by atoms with Crippen LogP contribution in [-0.2, 0) is 18.3 Å². The molecule has 2 aliphatic heterocycles. The smallest absolute Gasteiger partial charge is 0.272 e. The third-order valence-corrected chi connectivity index (χ3v) is 7.67. The molecule has 0 unspecified atom stereocenters. The summed E-state index contributed by atoms with van der Waals surface area (Å²) in [5.74, 6) is 1.23. The zero-order valence-corrected chi connectivity index (χ0v) is 23.3. The van der Waals surface area contributed by atoms with E-state index in [4.69, 9.17) is 16.3 Å². The minimum Gasteiger partial charge on any atom is -0.493 e. The summed E-state index contributed by atoms with van der Waals surface area (Å²) in [7, 11) is 3.91. The number of likely N-dealkylation sites (tertiary alicyclic amines) is 1. The molecule has 3 heterocycles. The molecule has 202 valence electrons. The lowest BCUT2D eigenvalue weighted by Crippen LogP contribution is -2.53. The number of aryl methyl sites for hydroxylation is 1. The molecule has 2 aliphatic rings. The van der Waals surface area contributed by atoms with Crippen LogP contribution >= 0.6 is 11.6 Å². The maximum Gasteiger partial charge on any atom is 0.272 e. The quantitative estimate of drug-likeness (QED) is 0.521. The van der Waals surface area contributed by atoms with Crippen LogP contribution in [0.25, 0.3) is 0 Å². The van der Waals surface area contributed by atoms with E-state index < -0.39 is 5.41 Å². The molecule has 2 saturated heterocycles. The highest BCUT2D eigenvalue weighted by Crippen LogP contribution is 2.36. The van der Waals surface area contributed by atoms with Gasteiger partial charge >= 0.3 is 0 Å². The number of carbonyl (C=O) groups excluding carboxylic acids is 2. The molecule has 9 heteroatoms. The van der Waals surface area contributed by atoms with Crippen LogP contribution in [0.4, 0.5) is 0 Å². The molecule has 2 fully saturated rings. The van der Waals surface area contributed by atoms with Gasteiger partial charge in [-0.1, -0.05) is 31.5 Å². The van der Waals surface area contributed by atoms with Gasteiger partial charge in [0.1, 0.15) is 11.4 Å². The van der Waals surface area contributed by atoms with Crippen LogP contribution in [0.15, 0.2) is 30.3 Å². The number of rotatable bonds is 8. The van der Waals surface area contributed by atoms with Crippen LogP contribution in [-0.4, -0.2) is 89.2 Å². The highest BCUT2D eigenvalue weighted by Gasteiger charge is 2.41. The Hall–Kier alpha value is -2.58. The second-order valence-electron chi connectivity index (χ2n) is 11.2. The number of likely N-dealkylation sites (N-methyl/N-ethyl adjacent to an activating group) is 1. The van der Waals surface area contributed by atoms with E-state index in [1.54, 1.807) is 10.7 Å². The Bertz CT molecular complexity index is 1100. The summed E-state index contributed by atoms with van der Waals surface area (Å²) in [6.07, 6.45) is 2.82. The lowest BCUT2D eigenvalue weighted by atomic mass is 9.77. The van der Waals surface area contributed by atoms with E-state index in [1.807, 2.05) is 41.1 Å². The number of ether oxygens (including phenoxy) is 1. The normalized spacial score (nSPS) is 20.9. The van der Waals surface area contributed by atoms with Gasteiger partial charge in [0.2, 0.25) is 5.91 Å². The number of piperidine rings is 1. The number of benzene rings is 1. The Kier molecular flexibility index (Phi) is 8.80. The second-order valence-corrected chi connectivity index (χ2v) is 11.6. The Morgan fingerprint density at radius 1 is 1.08 bits per heavy atom. The van der Waals surface area contributed by atoms with Crippen LogP contribution in [0.3, 0.4) is 0 Å². The summed E-state index contributed by atoms with van der Waals surface area (Å²) in [4.78, 5) is 33.2. The van der Waals surface area contributed by atoms with Crippen molar-refractivity contribution in [2.75, 3.05) is 52.9 Å². The fourth-order valence-corrected chi connectivity index (χ4v) is 5.56. The van der Waals surface area contributed by atoms with Gasteiger partial charge < -0.3 is 19.4 Å². The molecule has 0 bridgehead atoms. The number of piperazine rings is 1. The van der Waals surface area contributed by atoms with Gasteiger partial charge in [0.05, 0.1) is 12.3 Å². The molecule has 0 spiro atoms. The third-order valence-electron chi connectivity index (χ3n) is 7.44. The minimum atomic E-state index is -0.476. The molecule has 2 amide bonds. The fraction of sp³-hybridized carbons (Fsp3) is 0.607. The summed E-state index contributed by atoms with van der Waals surface area (Å²) in [5.41, 5.74) is 1.04. The second kappa shape index (κ2) is 11.9. The first-order valence-electron chi connectivity index (χ1n) is 13.3. The SMILES string of the molecule is CC(C)Cc1cc(C(=O)N2CCC[C@@](COc3cccc(Cl)c3)(CC(=O)N3CCN(C)CC3)C2)n(C)n1. The average molecular weight is 530 g/mol. The van der Waals surface area contributed by atoms with Gasteiger partial charge in [0, 0.05) is 63.2 Å². The van der Waals surface area contributed by atoms with Crippen LogP contribution in [0, 0.1) is 11.3 Å². The highest BCUT2D eigenvalue weighted by atomic mass is 35.5. The molecule has 1 aromatic carbocycles. The van der Waals surface area contributed by atoms with Crippen molar-refractivity contribution in [1.82, 2.24) is 24.5 Å². The molecule has 8 nitrogen and oxygen atoms in total. The number of nitrogens with zero attached hydrogens (tertiary/aromatic N) is 5. The molecule has 1 atom stereocenters. The van der Waals surface area contributed by atoms with Crippen LogP contribution < -0.4 is 4.74 Å². The van der Waals surface area contributed by atoms with Gasteiger partial charge in [-0.3, -0.25) is 14.3 Å². The molecule has 1 aromatic heterocycles. The van der Waals surface area contributed by atoms with Crippen molar-refractivity contribution in [3.63, 3.8) is 0 Å². The summed E-state index contributed by atoms with van der Waals surface area (Å²) in [6.45, 7) is 8.98. The van der Waals surface area contributed by atoms with Crippen molar-refractivity contribution in [2.45, 2.75) is 39.5 Å². The van der Waals surface area contributed by atoms with Crippen molar-refractivity contribution >= 4 is 23.4 Å². The van der Waals surface area contributed by atoms with Crippen molar-refractivity contribution in [1.29, 1.82) is 0 Å². The van der Waals surface area contributed by atoms with Gasteiger partial charge in [0.25, 0.3) is 5.91 Å². The summed E-state index contributed by atoms with van der Waals surface area (Å²) in [5, 5.41) is 5.18. The van der Waals surface area contributed by atoms with Gasteiger partial charge in [-0.15, -0.1) is 0 Å². The Morgan fingerprint density at radius 3 is 2.54 bits per heavy atom. The predicted octanol–water partition coefficient (Wildman–Crippen LogP) is 3.74. The predicted molar refractivity (Wildman–Crippen MR) is 145 cm³/mol. The van der Waals surface area contributed by atoms with Gasteiger partial charge in [-0.05, 0) is 56.5 Å². The van der Waals surface area contributed by atoms with Crippen molar-refractivity contribution < 1.29 is 14.3 Å². The zero-order chi connectivity index (χ0) is 26.6. The number of carbonyl (C=O) groups is 2. The maximum atomic E-state index is 13.7. The van der Waals surface area contributed by atoms with Crippen molar-refractivity contribution in [3.05, 3.63) is 46.7 Å². The molecule has 2 aromatic rings. The summed E-state index contributed by atoms with van der Waals surface area (Å²) in [6, 6.07) is 9.24. The zero-order valence-electron chi connectivity index (χ0n) is 22.6. The van der Waals surface area contributed by atoms with Crippen LogP contribution in [0.5, 0.6) is 5.75 Å². The molecule has 0 N–H and O–H groups in total. The maximum absolute atomic E-state index is 13.7. The van der Waals surface area contributed by atoms with E-state index in [9.17, 15) is 9.59 Å². The molecular weight excluding hydrogens is 490 g/mol. The summed E-state index contributed by atoms with van der Waals surface area (Å²) < 4.78 is 7.91. The Balaban J connectivity index is 1.53. The van der Waals surface area contributed by atoms with E-state index in [1.165, 1.54) is 0 Å². The van der Waals surface area contributed by atoms with Gasteiger partial charge in [-0.25, -0.2) is 0 Å². The first-order valence-corrected chi connectivity index (χ1v) is 13.7. The molecule has 4 rings (SSSR count). The number of amides is 2. The number of aromatic nitrogens is 2. The van der Waals surface area contributed by atoms with Crippen LogP contribution in [0.1, 0.15) is 49.3 Å². The topological polar surface area (TPSA) is 70.9 Å². The van der Waals surface area contributed by atoms with Crippen LogP contribution in [0.2, 0.25) is 5.02 Å². The molecule has 37 heavy (non-hydrogen) atoms. The van der Waals surface area contributed by atoms with E-state index in [-0.39, 0.29) is 11.8 Å². The number of hydrogen-bond donors (Lipinski definition) is 0. The molecule has 0 saturated carbocycles. The first kappa shape index (κ1) is 27.5. The van der Waals surface area contributed by atoms with Crippen molar-refractivity contribution in [2.24, 2.45) is 18.4 Å². The largest absolute Gasteiger partial charge is 0.493 e. The molecular formula is C28H40ClN5O3. The Morgan fingerprint density at radius 2 is 1.84 bits per heavy atom. The van der Waals surface area contributed by atoms with E-state index in [0.717, 1.165) is 51.1 Å². The molecule has 0 radical (unpaired) electrons. The molecule has 0 aliphatic carbocycles.